The number of carbonyl (C=O) groups excluding carboxylic acids is 5. The zero-order chi connectivity index (χ0) is 44.4. The van der Waals surface area contributed by atoms with Gasteiger partial charge in [-0.3, -0.25) is 32.9 Å². The SMILES string of the molecule is CC.I.II.Nc1nn[c-]s1.Nc1nnc(Br)s1.O=[C-]Cc1nn[c-]s1.O=[C-]Cl.O=[C-]O.O=[C-]O[C-]=O.[CH2-]C.[CH2-]Cc1nnc(N)s1.[CH2-]Cc1nnc(N[C-]=O)s1.[W].[W].[W].[W].[W].[W].[Y].[Y].[Y]. The summed E-state index contributed by atoms with van der Waals surface area (Å²) >= 11 is 18.0. The minimum absolute atomic E-state index is 0. The van der Waals surface area contributed by atoms with Gasteiger partial charge in [-0.1, -0.05) is 59.0 Å². The Morgan fingerprint density at radius 2 is 1.09 bits per heavy atom. The van der Waals surface area contributed by atoms with E-state index in [2.05, 4.69) is 158 Å². The molecule has 3 radical (unpaired) electrons. The molecular weight excluding hydrogens is 2650 g/mol. The Morgan fingerprint density at radius 1 is 0.697 bits per heavy atom. The summed E-state index contributed by atoms with van der Waals surface area (Å²) in [5.74, 6) is 0.972. The molecule has 0 aliphatic rings. The molecule has 5 aromatic rings. The number of aromatic nitrogens is 10. The molecule has 0 bridgehead atoms. The maximum atomic E-state index is 9.76. The molecule has 0 aliphatic carbocycles. The van der Waals surface area contributed by atoms with Crippen molar-refractivity contribution in [1.82, 2.24) is 51.0 Å². The van der Waals surface area contributed by atoms with Gasteiger partial charge in [0.25, 0.3) is 0 Å². The van der Waals surface area contributed by atoms with Crippen molar-refractivity contribution in [1.29, 1.82) is 0 Å². The zero-order valence-electron chi connectivity index (χ0n) is 33.4. The number of amides is 1. The molecule has 0 saturated carbocycles. The Kier molecular flexibility index (Phi) is 179. The molecule has 0 fully saturated rings. The van der Waals surface area contributed by atoms with Crippen LogP contribution >= 0.6 is 145 Å². The van der Waals surface area contributed by atoms with Crippen molar-refractivity contribution >= 4 is 204 Å². The van der Waals surface area contributed by atoms with Crippen molar-refractivity contribution < 1.29 is 263 Å². The molecule has 0 atom stereocenters. The predicted molar refractivity (Wildman–Crippen MR) is 253 cm³/mol. The summed E-state index contributed by atoms with van der Waals surface area (Å²) in [5.41, 5.74) is 20.6. The summed E-state index contributed by atoms with van der Waals surface area (Å²) in [5, 5.41) is 48.8. The number of rotatable bonds is 8. The second-order valence-corrected chi connectivity index (χ2v) is 12.2. The van der Waals surface area contributed by atoms with Gasteiger partial charge in [0.15, 0.2) is 3.92 Å². The van der Waals surface area contributed by atoms with E-state index < -0.39 is 0 Å². The molecular formula is C25H30BrClI3N14O8S5W6Y3-11. The number of hydrogen-bond acceptors (Lipinski definition) is 25. The molecule has 0 aliphatic heterocycles. The molecule has 5 aromatic heterocycles. The van der Waals surface area contributed by atoms with Crippen LogP contribution in [0.3, 0.4) is 0 Å². The van der Waals surface area contributed by atoms with E-state index >= 15 is 0 Å². The topological polar surface area (TPSA) is 351 Å². The first-order valence-corrected chi connectivity index (χ1v) is 24.7. The van der Waals surface area contributed by atoms with E-state index in [1.807, 2.05) is 13.8 Å². The number of nitrogens with two attached hydrogens (primary N) is 3. The van der Waals surface area contributed by atoms with Gasteiger partial charge < -0.3 is 105 Å². The Hall–Kier alpha value is 5.02. The van der Waals surface area contributed by atoms with E-state index in [4.69, 9.17) is 41.5 Å². The van der Waals surface area contributed by atoms with Gasteiger partial charge in [0.05, 0.1) is 21.6 Å². The van der Waals surface area contributed by atoms with Crippen LogP contribution in [-0.4, -0.2) is 94.0 Å². The van der Waals surface area contributed by atoms with Crippen molar-refractivity contribution in [2.24, 2.45) is 0 Å². The number of nitrogen functional groups attached to an aromatic ring is 3. The third kappa shape index (κ3) is 94.9. The van der Waals surface area contributed by atoms with Gasteiger partial charge in [0, 0.05) is 267 Å². The van der Waals surface area contributed by atoms with Crippen LogP contribution in [0.25, 0.3) is 0 Å². The van der Waals surface area contributed by atoms with Gasteiger partial charge in [-0.15, -0.1) is 70.2 Å². The fraction of sp³-hybridized carbons (Fsp3) is 0.240. The number of nitrogens with one attached hydrogen (secondary N) is 1. The summed E-state index contributed by atoms with van der Waals surface area (Å²) in [6.07, 6.45) is 4.73. The first-order chi connectivity index (χ1) is 27.0. The van der Waals surface area contributed by atoms with Crippen LogP contribution < -0.4 is 22.5 Å². The van der Waals surface area contributed by atoms with Crippen molar-refractivity contribution in [2.45, 2.75) is 40.0 Å². The van der Waals surface area contributed by atoms with Crippen LogP contribution in [0.5, 0.6) is 0 Å². The maximum absolute atomic E-state index is 9.76. The summed E-state index contributed by atoms with van der Waals surface area (Å²) in [6, 6.07) is 0. The maximum Gasteiger partial charge on any atom is 0.203 e. The molecule has 0 saturated heterocycles. The number of halogens is 5. The minimum atomic E-state index is 0. The number of aliphatic hydroxyl groups excluding tert-OH is 1. The Bertz CT molecular complexity index is 1570. The molecule has 5 heterocycles. The monoisotopic (exact) mass is 2680 g/mol. The van der Waals surface area contributed by atoms with Gasteiger partial charge in [0.2, 0.25) is 10.3 Å². The van der Waals surface area contributed by atoms with E-state index in [1.165, 1.54) is 63.1 Å². The molecule has 0 unspecified atom stereocenters. The molecule has 22 nitrogen and oxygen atoms in total. The van der Waals surface area contributed by atoms with Gasteiger partial charge in [0.1, 0.15) is 0 Å². The first kappa shape index (κ1) is 115. The normalized spacial score (nSPS) is 6.52. The Balaban J connectivity index is -0.0000000303. The molecule has 369 valence electrons. The Morgan fingerprint density at radius 3 is 1.29 bits per heavy atom. The molecule has 66 heavy (non-hydrogen) atoms. The van der Waals surface area contributed by atoms with Crippen molar-refractivity contribution in [3.05, 3.63) is 50.7 Å². The van der Waals surface area contributed by atoms with Crippen LogP contribution in [0.15, 0.2) is 3.92 Å². The van der Waals surface area contributed by atoms with E-state index in [0.29, 0.717) is 44.8 Å². The summed E-state index contributed by atoms with van der Waals surface area (Å²) < 4.78 is 3.95. The zero-order valence-corrected chi connectivity index (χ0v) is 72.6. The second-order valence-electron chi connectivity index (χ2n) is 5.93. The average molecular weight is 2680 g/mol. The van der Waals surface area contributed by atoms with Gasteiger partial charge in [-0.05, 0) is 15.9 Å². The van der Waals surface area contributed by atoms with E-state index in [1.54, 1.807) is 13.2 Å². The van der Waals surface area contributed by atoms with Crippen molar-refractivity contribution in [3.8, 4) is 0 Å². The Labute approximate surface area is 618 Å². The predicted octanol–water partition coefficient (Wildman–Crippen LogP) is 4.96. The third-order valence-corrected chi connectivity index (χ3v) is 6.96. The molecule has 41 heteroatoms. The molecule has 0 aromatic carbocycles. The molecule has 0 spiro atoms. The van der Waals surface area contributed by atoms with Crippen LogP contribution in [-0.2, 0) is 277 Å². The summed E-state index contributed by atoms with van der Waals surface area (Å²) in [7, 11) is 0. The third-order valence-electron chi connectivity index (χ3n) is 2.96. The van der Waals surface area contributed by atoms with Gasteiger partial charge in [-0.25, -0.2) is 10.2 Å². The standard InChI is InChI=1S/C5H5N3OS.C4H6N3S.C4H2N2OS.C2H2BrN3S.C2H2N3S.C2O3.C2H6.C2H5.CClO.CHO2.I2.HI.6W.3Y/c1-2-4-7-8-5(10-4)6-3-9;1-2-3-6-7-4(5)8-3;7-2-1-4-6-5-3-8-4;3-1-5-6-2(4)7-1;3-2-5-4-1-6-2;3-1-5-2-4;2*1-2;2*2-1-3;1-2;;;;;;;;;;/h1-2H2,(H,6,8,9);1-2H2,(H2,5,7);1H2;(H2,4,6);(H2,3,5);;1-2H3;1H2,2H3;;(H,2,3);;1H;;;;;;;;;/q-2;-1;-2;;-1;-2;;3*-1;;;;;;;;;;;. The van der Waals surface area contributed by atoms with E-state index in [-0.39, 0.29) is 255 Å². The smallest absolute Gasteiger partial charge is 0.203 e. The van der Waals surface area contributed by atoms with Crippen LogP contribution in [0.1, 0.15) is 35.8 Å². The van der Waals surface area contributed by atoms with Gasteiger partial charge in [-0.2, -0.15) is 35.5 Å². The van der Waals surface area contributed by atoms with Crippen molar-refractivity contribution in [3.63, 3.8) is 0 Å². The van der Waals surface area contributed by atoms with Gasteiger partial charge >= 0.3 is 0 Å². The fourth-order valence-electron chi connectivity index (χ4n) is 1.51. The summed E-state index contributed by atoms with van der Waals surface area (Å²) in [4.78, 5) is 53.7. The van der Waals surface area contributed by atoms with Crippen LogP contribution in [0, 0.1) is 31.8 Å². The number of hydrogen-bond donors (Lipinski definition) is 5. The summed E-state index contributed by atoms with van der Waals surface area (Å²) in [6.45, 7) is 18.4. The van der Waals surface area contributed by atoms with Crippen molar-refractivity contribution in [2.75, 3.05) is 22.5 Å². The van der Waals surface area contributed by atoms with Crippen LogP contribution in [0.2, 0.25) is 0 Å². The van der Waals surface area contributed by atoms with Crippen LogP contribution in [0.4, 0.5) is 20.5 Å². The number of nitrogens with zero attached hydrogens (tertiary/aromatic N) is 10. The average Bonchev–Trinajstić information content (AvgIpc) is 4.08. The minimum Gasteiger partial charge on any atom is -0.783 e. The first-order valence-electron chi connectivity index (χ1n) is 13.1. The van der Waals surface area contributed by atoms with E-state index in [9.17, 15) is 9.59 Å². The number of ether oxygens (including phenoxy) is 1. The quantitative estimate of drug-likeness (QED) is 0.0450. The molecule has 8 N–H and O–H groups in total. The second kappa shape index (κ2) is 103. The number of anilines is 4. The van der Waals surface area contributed by atoms with E-state index in [0.717, 1.165) is 32.6 Å². The molecule has 5 rings (SSSR count). The fourth-order valence-corrected chi connectivity index (χ4v) is 4.17. The molecule has 1 amide bonds. The largest absolute Gasteiger partial charge is 0.783 e.